The van der Waals surface area contributed by atoms with Crippen molar-refractivity contribution in [1.82, 2.24) is 34.8 Å². The zero-order valence-electron chi connectivity index (χ0n) is 16.2. The molecule has 0 bridgehead atoms. The van der Waals surface area contributed by atoms with Crippen molar-refractivity contribution in [1.29, 1.82) is 0 Å². The summed E-state index contributed by atoms with van der Waals surface area (Å²) in [6.07, 6.45) is 3.44. The summed E-state index contributed by atoms with van der Waals surface area (Å²) in [7, 11) is 1.80. The largest absolute Gasteiger partial charge is 0.323 e. The number of ketones is 2. The second-order valence-electron chi connectivity index (χ2n) is 7.48. The van der Waals surface area contributed by atoms with Crippen molar-refractivity contribution < 1.29 is 9.59 Å². The molecule has 2 N–H and O–H groups in total. The Kier molecular flexibility index (Phi) is 3.73. The second-order valence-corrected chi connectivity index (χ2v) is 8.56. The van der Waals surface area contributed by atoms with E-state index in [1.54, 1.807) is 24.0 Å². The summed E-state index contributed by atoms with van der Waals surface area (Å²) in [6.45, 7) is 0.651. The van der Waals surface area contributed by atoms with Gasteiger partial charge in [0, 0.05) is 24.4 Å². The lowest BCUT2D eigenvalue weighted by atomic mass is 10.1. The molecule has 4 aromatic heterocycles. The number of H-pyrrole nitrogens is 1. The van der Waals surface area contributed by atoms with E-state index in [4.69, 9.17) is 0 Å². The van der Waals surface area contributed by atoms with Crippen LogP contribution in [0.25, 0.3) is 32.2 Å². The van der Waals surface area contributed by atoms with E-state index in [0.717, 1.165) is 31.6 Å². The first kappa shape index (κ1) is 18.1. The van der Waals surface area contributed by atoms with Crippen molar-refractivity contribution in [3.05, 3.63) is 51.5 Å². The van der Waals surface area contributed by atoms with Crippen molar-refractivity contribution >= 4 is 55.1 Å². The molecule has 1 aliphatic rings. The molecule has 1 aromatic carbocycles. The number of aryl methyl sites for hydroxylation is 1. The highest BCUT2D eigenvalue weighted by molar-refractivity contribution is 7.19. The second kappa shape index (κ2) is 6.40. The third kappa shape index (κ3) is 2.67. The minimum Gasteiger partial charge on any atom is -0.323 e. The minimum atomic E-state index is -0.697. The maximum atomic E-state index is 13.2. The van der Waals surface area contributed by atoms with Crippen LogP contribution in [-0.2, 0) is 29.7 Å². The first-order chi connectivity index (χ1) is 15.0. The van der Waals surface area contributed by atoms with Crippen LogP contribution in [0.3, 0.4) is 0 Å². The fourth-order valence-electron chi connectivity index (χ4n) is 3.91. The van der Waals surface area contributed by atoms with Gasteiger partial charge >= 0.3 is 0 Å². The Morgan fingerprint density at radius 2 is 2.00 bits per heavy atom. The first-order valence-electron chi connectivity index (χ1n) is 9.59. The molecule has 0 atom stereocenters. The molecule has 0 amide bonds. The fourth-order valence-corrected chi connectivity index (χ4v) is 4.96. The molecule has 1 aliphatic carbocycles. The van der Waals surface area contributed by atoms with Crippen molar-refractivity contribution in [3.63, 3.8) is 0 Å². The number of carbonyl (C=O) groups excluding carboxylic acids is 2. The van der Waals surface area contributed by atoms with Crippen LogP contribution in [0.15, 0.2) is 35.4 Å². The van der Waals surface area contributed by atoms with Crippen LogP contribution >= 0.6 is 11.3 Å². The summed E-state index contributed by atoms with van der Waals surface area (Å²) in [5.41, 5.74) is 2.88. The number of thiazole rings is 1. The summed E-state index contributed by atoms with van der Waals surface area (Å²) in [5, 5.41) is 16.7. The molecule has 0 unspecified atom stereocenters. The normalized spacial score (nSPS) is 14.5. The quantitative estimate of drug-likeness (QED) is 0.311. The molecule has 5 aromatic rings. The van der Waals surface area contributed by atoms with Crippen LogP contribution in [-0.4, -0.2) is 47.1 Å². The van der Waals surface area contributed by atoms with Gasteiger partial charge in [-0.15, -0.1) is 11.3 Å². The number of aromatic amines is 1. The van der Waals surface area contributed by atoms with E-state index in [-0.39, 0.29) is 17.1 Å². The Hall–Kier alpha value is -3.70. The van der Waals surface area contributed by atoms with Gasteiger partial charge in [0.2, 0.25) is 11.6 Å². The van der Waals surface area contributed by atoms with Gasteiger partial charge in [0.05, 0.1) is 29.2 Å². The molecular formula is C20H15N7O3S. The Bertz CT molecular complexity index is 1590. The Morgan fingerprint density at radius 3 is 2.81 bits per heavy atom. The van der Waals surface area contributed by atoms with Crippen LogP contribution in [0.1, 0.15) is 10.6 Å². The summed E-state index contributed by atoms with van der Waals surface area (Å²) in [6, 6.07) is 5.11. The van der Waals surface area contributed by atoms with Crippen LogP contribution in [0, 0.1) is 0 Å². The van der Waals surface area contributed by atoms with Crippen LogP contribution < -0.4 is 10.9 Å². The van der Waals surface area contributed by atoms with Gasteiger partial charge in [0.25, 0.3) is 5.56 Å². The van der Waals surface area contributed by atoms with Gasteiger partial charge in [-0.25, -0.2) is 9.67 Å². The summed E-state index contributed by atoms with van der Waals surface area (Å²) in [5.74, 6) is -0.773. The zero-order valence-corrected chi connectivity index (χ0v) is 17.1. The molecule has 10 nitrogen and oxygen atoms in total. The first-order valence-corrected chi connectivity index (χ1v) is 10.4. The number of nitrogens with one attached hydrogen (secondary N) is 2. The highest BCUT2D eigenvalue weighted by Gasteiger charge is 2.47. The van der Waals surface area contributed by atoms with Gasteiger partial charge < -0.3 is 4.57 Å². The predicted molar refractivity (Wildman–Crippen MR) is 114 cm³/mol. The number of aromatic nitrogens is 6. The van der Waals surface area contributed by atoms with Gasteiger partial charge in [0.15, 0.2) is 5.65 Å². The number of hydrogen-bond acceptors (Lipinski definition) is 8. The fraction of sp³-hybridized carbons (Fsp3) is 0.200. The SMILES string of the molecule is Cn1c2nc(CNC3C(=O)C3=O)sc2c2cnn(Cc3cccc4[nH]ncc34)c(=O)c21. The highest BCUT2D eigenvalue weighted by atomic mass is 32.1. The number of carbonyl (C=O) groups is 2. The van der Waals surface area contributed by atoms with E-state index in [1.165, 1.54) is 16.0 Å². The van der Waals surface area contributed by atoms with E-state index in [9.17, 15) is 14.4 Å². The highest BCUT2D eigenvalue weighted by Crippen LogP contribution is 2.31. The molecule has 6 rings (SSSR count). The van der Waals surface area contributed by atoms with E-state index in [2.05, 4.69) is 25.6 Å². The van der Waals surface area contributed by atoms with E-state index < -0.39 is 6.04 Å². The van der Waals surface area contributed by atoms with Gasteiger partial charge in [-0.1, -0.05) is 12.1 Å². The minimum absolute atomic E-state index is 0.195. The average Bonchev–Trinajstić information content (AvgIpc) is 3.22. The molecule has 4 heterocycles. The van der Waals surface area contributed by atoms with Crippen LogP contribution in [0.5, 0.6) is 0 Å². The number of rotatable bonds is 5. The maximum Gasteiger partial charge on any atom is 0.291 e. The van der Waals surface area contributed by atoms with Gasteiger partial charge in [-0.3, -0.25) is 24.8 Å². The number of fused-ring (bicyclic) bond motifs is 4. The number of nitrogens with zero attached hydrogens (tertiary/aromatic N) is 5. The third-order valence-corrected chi connectivity index (χ3v) is 6.68. The lowest BCUT2D eigenvalue weighted by Crippen LogP contribution is -2.24. The van der Waals surface area contributed by atoms with E-state index in [0.29, 0.717) is 24.3 Å². The van der Waals surface area contributed by atoms with Crippen molar-refractivity contribution in [3.8, 4) is 0 Å². The lowest BCUT2D eigenvalue weighted by molar-refractivity contribution is -0.122. The molecule has 0 spiro atoms. The van der Waals surface area contributed by atoms with Gasteiger partial charge in [-0.05, 0) is 11.6 Å². The lowest BCUT2D eigenvalue weighted by Gasteiger charge is -2.07. The van der Waals surface area contributed by atoms with Crippen LogP contribution in [0.4, 0.5) is 0 Å². The molecule has 0 radical (unpaired) electrons. The standard InChI is InChI=1S/C20H15N7O3S/c1-26-15-11(18-19(26)24-13(31-18)7-21-14-16(28)17(14)29)6-23-27(20(15)30)8-9-3-2-4-12-10(9)5-22-25-12/h2-6,14,21H,7-8H2,1H3,(H,22,25). The van der Waals surface area contributed by atoms with Crippen molar-refractivity contribution in [2.45, 2.75) is 19.1 Å². The Balaban J connectivity index is 1.38. The van der Waals surface area contributed by atoms with Gasteiger partial charge in [-0.2, -0.15) is 10.2 Å². The predicted octanol–water partition coefficient (Wildman–Crippen LogP) is 0.879. The summed E-state index contributed by atoms with van der Waals surface area (Å²) >= 11 is 1.42. The van der Waals surface area contributed by atoms with Crippen molar-refractivity contribution in [2.24, 2.45) is 7.05 Å². The van der Waals surface area contributed by atoms with E-state index in [1.807, 2.05) is 18.2 Å². The smallest absolute Gasteiger partial charge is 0.291 e. The van der Waals surface area contributed by atoms with Crippen molar-refractivity contribution in [2.75, 3.05) is 0 Å². The number of Topliss-reactive ketones (excluding diaryl/α,β-unsaturated/α-hetero) is 2. The molecule has 0 aliphatic heterocycles. The summed E-state index contributed by atoms with van der Waals surface area (Å²) < 4.78 is 4.08. The molecule has 1 saturated carbocycles. The summed E-state index contributed by atoms with van der Waals surface area (Å²) in [4.78, 5) is 40.1. The molecule has 1 fully saturated rings. The maximum absolute atomic E-state index is 13.2. The molecule has 11 heteroatoms. The third-order valence-electron chi connectivity index (χ3n) is 5.61. The number of hydrogen-bond donors (Lipinski definition) is 2. The topological polar surface area (TPSA) is 128 Å². The molecule has 31 heavy (non-hydrogen) atoms. The monoisotopic (exact) mass is 433 g/mol. The molecule has 0 saturated heterocycles. The molecular weight excluding hydrogens is 418 g/mol. The Labute approximate surface area is 177 Å². The van der Waals surface area contributed by atoms with E-state index >= 15 is 0 Å². The Morgan fingerprint density at radius 1 is 1.16 bits per heavy atom. The average molecular weight is 433 g/mol. The number of benzene rings is 1. The van der Waals surface area contributed by atoms with Gasteiger partial charge in [0.1, 0.15) is 16.6 Å². The zero-order chi connectivity index (χ0) is 21.3. The van der Waals surface area contributed by atoms with Crippen LogP contribution in [0.2, 0.25) is 0 Å². The molecule has 154 valence electrons.